The van der Waals surface area contributed by atoms with Crippen LogP contribution in [-0.2, 0) is 11.2 Å². The van der Waals surface area contributed by atoms with Crippen LogP contribution in [0.15, 0.2) is 72.8 Å². The average Bonchev–Trinajstić information content (AvgIpc) is 3.19. The molecule has 34 heavy (non-hydrogen) atoms. The topological polar surface area (TPSA) is 73.9 Å². The molecule has 0 saturated carbocycles. The molecule has 1 fully saturated rings. The van der Waals surface area contributed by atoms with E-state index in [1.54, 1.807) is 6.07 Å². The number of carbonyl (C=O) groups is 2. The molecule has 1 aliphatic rings. The molecule has 3 aromatic carbocycles. The van der Waals surface area contributed by atoms with E-state index >= 15 is 0 Å². The number of thioether (sulfide) groups is 1. The fourth-order valence-corrected chi connectivity index (χ4v) is 4.31. The van der Waals surface area contributed by atoms with Crippen LogP contribution in [0.3, 0.4) is 0 Å². The van der Waals surface area contributed by atoms with E-state index in [-0.39, 0.29) is 10.4 Å². The summed E-state index contributed by atoms with van der Waals surface area (Å²) >= 11 is 0.703. The summed E-state index contributed by atoms with van der Waals surface area (Å²) in [5, 5.41) is 2.15. The van der Waals surface area contributed by atoms with Gasteiger partial charge in [0.1, 0.15) is 29.0 Å². The first-order chi connectivity index (χ1) is 16.6. The number of nitrogens with one attached hydrogen (secondary N) is 1. The molecule has 0 aromatic heterocycles. The molecular weight excluding hydrogens is 450 g/mol. The molecule has 1 saturated heterocycles. The second-order valence-electron chi connectivity index (χ2n) is 7.84. The summed E-state index contributed by atoms with van der Waals surface area (Å²) in [6.07, 6.45) is 2.61. The third kappa shape index (κ3) is 6.32. The van der Waals surface area contributed by atoms with Gasteiger partial charge in [-0.2, -0.15) is 0 Å². The number of amides is 1. The third-order valence-electron chi connectivity index (χ3n) is 5.23. The number of rotatable bonds is 11. The zero-order valence-corrected chi connectivity index (χ0v) is 19.8. The Morgan fingerprint density at radius 2 is 1.65 bits per heavy atom. The van der Waals surface area contributed by atoms with Crippen LogP contribution in [0.4, 0.5) is 4.79 Å². The van der Waals surface area contributed by atoms with Crippen molar-refractivity contribution in [1.82, 2.24) is 5.32 Å². The van der Waals surface area contributed by atoms with Gasteiger partial charge in [0.2, 0.25) is 5.12 Å². The SMILES string of the molecule is CCCc1cc(Oc2ccccc2)ccc1OCCCOc1cccc(C2NC(=O)SC2=O)c1. The monoisotopic (exact) mass is 477 g/mol. The summed E-state index contributed by atoms with van der Waals surface area (Å²) in [6.45, 7) is 3.13. The van der Waals surface area contributed by atoms with Gasteiger partial charge in [0.05, 0.1) is 13.2 Å². The fraction of sp³-hybridized carbons (Fsp3) is 0.259. The van der Waals surface area contributed by atoms with E-state index in [2.05, 4.69) is 12.2 Å². The van der Waals surface area contributed by atoms with Gasteiger partial charge in [-0.1, -0.05) is 43.7 Å². The van der Waals surface area contributed by atoms with Crippen molar-refractivity contribution in [3.63, 3.8) is 0 Å². The summed E-state index contributed by atoms with van der Waals surface area (Å²) in [6, 6.07) is 22.3. The van der Waals surface area contributed by atoms with Crippen LogP contribution in [0.5, 0.6) is 23.0 Å². The number of hydrogen-bond donors (Lipinski definition) is 1. The van der Waals surface area contributed by atoms with Gasteiger partial charge in [-0.3, -0.25) is 9.59 Å². The van der Waals surface area contributed by atoms with Crippen molar-refractivity contribution in [2.75, 3.05) is 13.2 Å². The van der Waals surface area contributed by atoms with Crippen molar-refractivity contribution in [1.29, 1.82) is 0 Å². The van der Waals surface area contributed by atoms with E-state index in [4.69, 9.17) is 14.2 Å². The molecule has 1 amide bonds. The van der Waals surface area contributed by atoms with Crippen LogP contribution in [0.1, 0.15) is 36.9 Å². The zero-order chi connectivity index (χ0) is 23.8. The number of benzene rings is 3. The van der Waals surface area contributed by atoms with Crippen molar-refractivity contribution in [2.24, 2.45) is 0 Å². The summed E-state index contributed by atoms with van der Waals surface area (Å²) in [5.74, 6) is 3.11. The highest BCUT2D eigenvalue weighted by atomic mass is 32.2. The minimum Gasteiger partial charge on any atom is -0.493 e. The first kappa shape index (κ1) is 23.7. The lowest BCUT2D eigenvalue weighted by molar-refractivity contribution is -0.112. The smallest absolute Gasteiger partial charge is 0.287 e. The van der Waals surface area contributed by atoms with Gasteiger partial charge in [-0.15, -0.1) is 0 Å². The molecule has 0 radical (unpaired) electrons. The van der Waals surface area contributed by atoms with Crippen LogP contribution < -0.4 is 19.5 Å². The van der Waals surface area contributed by atoms with Gasteiger partial charge in [-0.05, 0) is 60.0 Å². The van der Waals surface area contributed by atoms with Crippen molar-refractivity contribution in [3.05, 3.63) is 83.9 Å². The van der Waals surface area contributed by atoms with Crippen LogP contribution in [0.25, 0.3) is 0 Å². The molecular formula is C27H27NO5S. The molecule has 0 spiro atoms. The average molecular weight is 478 g/mol. The van der Waals surface area contributed by atoms with E-state index in [0.29, 0.717) is 37.1 Å². The number of para-hydroxylation sites is 1. The normalized spacial score (nSPS) is 15.1. The second kappa shape index (κ2) is 11.6. The predicted octanol–water partition coefficient (Wildman–Crippen LogP) is 6.30. The Bertz CT molecular complexity index is 1130. The van der Waals surface area contributed by atoms with Gasteiger partial charge in [-0.25, -0.2) is 0 Å². The largest absolute Gasteiger partial charge is 0.493 e. The lowest BCUT2D eigenvalue weighted by Gasteiger charge is -2.14. The van der Waals surface area contributed by atoms with E-state index in [1.807, 2.05) is 66.7 Å². The number of aryl methyl sites for hydroxylation is 1. The molecule has 1 heterocycles. The highest BCUT2D eigenvalue weighted by Gasteiger charge is 2.32. The lowest BCUT2D eigenvalue weighted by Crippen LogP contribution is -2.19. The first-order valence-electron chi connectivity index (χ1n) is 11.4. The van der Waals surface area contributed by atoms with Gasteiger partial charge in [0.25, 0.3) is 5.24 Å². The molecule has 1 atom stereocenters. The van der Waals surface area contributed by atoms with Crippen molar-refractivity contribution >= 4 is 22.1 Å². The zero-order valence-electron chi connectivity index (χ0n) is 19.0. The van der Waals surface area contributed by atoms with E-state index < -0.39 is 6.04 Å². The number of hydrogen-bond acceptors (Lipinski definition) is 6. The Labute approximate surface area is 203 Å². The molecule has 1 N–H and O–H groups in total. The maximum atomic E-state index is 11.9. The molecule has 4 rings (SSSR count). The molecule has 0 aliphatic carbocycles. The summed E-state index contributed by atoms with van der Waals surface area (Å²) < 4.78 is 17.8. The van der Waals surface area contributed by atoms with Gasteiger partial charge < -0.3 is 19.5 Å². The summed E-state index contributed by atoms with van der Waals surface area (Å²) in [4.78, 5) is 23.4. The third-order valence-corrected chi connectivity index (χ3v) is 5.97. The Kier molecular flexibility index (Phi) is 8.09. The van der Waals surface area contributed by atoms with Gasteiger partial charge in [0, 0.05) is 18.2 Å². The minimum absolute atomic E-state index is 0.196. The molecule has 1 aliphatic heterocycles. The summed E-state index contributed by atoms with van der Waals surface area (Å²) in [5.41, 5.74) is 1.84. The molecule has 7 heteroatoms. The first-order valence-corrected chi connectivity index (χ1v) is 12.2. The van der Waals surface area contributed by atoms with E-state index in [1.165, 1.54) is 0 Å². The Morgan fingerprint density at radius 1 is 0.853 bits per heavy atom. The van der Waals surface area contributed by atoms with Crippen molar-refractivity contribution in [3.8, 4) is 23.0 Å². The number of ether oxygens (including phenoxy) is 3. The minimum atomic E-state index is -0.616. The number of carbonyl (C=O) groups excluding carboxylic acids is 2. The highest BCUT2D eigenvalue weighted by molar-refractivity contribution is 8.26. The van der Waals surface area contributed by atoms with Crippen LogP contribution in [0, 0.1) is 0 Å². The Balaban J connectivity index is 1.28. The van der Waals surface area contributed by atoms with E-state index in [9.17, 15) is 9.59 Å². The predicted molar refractivity (Wildman–Crippen MR) is 133 cm³/mol. The molecule has 1 unspecified atom stereocenters. The van der Waals surface area contributed by atoms with Crippen LogP contribution >= 0.6 is 11.8 Å². The lowest BCUT2D eigenvalue weighted by atomic mass is 10.1. The molecule has 0 bridgehead atoms. The fourth-order valence-electron chi connectivity index (χ4n) is 3.64. The standard InChI is InChI=1S/C27H27NO5S/c1-2-8-19-17-23(33-21-10-4-3-5-11-21)13-14-24(19)32-16-7-15-31-22-12-6-9-20(18-22)25-26(29)34-27(30)28-25/h3-6,9-14,17-18,25H,2,7-8,15-16H2,1H3,(H,28,30). The molecule has 176 valence electrons. The maximum Gasteiger partial charge on any atom is 0.287 e. The Hall–Kier alpha value is -3.45. The second-order valence-corrected chi connectivity index (χ2v) is 8.82. The van der Waals surface area contributed by atoms with E-state index in [0.717, 1.165) is 41.2 Å². The van der Waals surface area contributed by atoms with Gasteiger partial charge in [0.15, 0.2) is 0 Å². The van der Waals surface area contributed by atoms with Gasteiger partial charge >= 0.3 is 0 Å². The van der Waals surface area contributed by atoms with Crippen LogP contribution in [-0.4, -0.2) is 23.6 Å². The van der Waals surface area contributed by atoms with Crippen LogP contribution in [0.2, 0.25) is 0 Å². The summed E-state index contributed by atoms with van der Waals surface area (Å²) in [7, 11) is 0. The molecule has 6 nitrogen and oxygen atoms in total. The Morgan fingerprint density at radius 3 is 2.41 bits per heavy atom. The maximum absolute atomic E-state index is 11.9. The highest BCUT2D eigenvalue weighted by Crippen LogP contribution is 2.30. The van der Waals surface area contributed by atoms with Crippen molar-refractivity contribution in [2.45, 2.75) is 32.2 Å². The molecule has 3 aromatic rings. The van der Waals surface area contributed by atoms with Crippen molar-refractivity contribution < 1.29 is 23.8 Å². The quantitative estimate of drug-likeness (QED) is 0.327.